The highest BCUT2D eigenvalue weighted by atomic mass is 16.7. The van der Waals surface area contributed by atoms with Gasteiger partial charge in [-0.05, 0) is 13.8 Å². The van der Waals surface area contributed by atoms with E-state index in [1.807, 2.05) is 13.8 Å². The van der Waals surface area contributed by atoms with E-state index in [4.69, 9.17) is 9.47 Å². The number of likely N-dealkylation sites (N-methyl/N-ethyl adjacent to an activating group) is 1. The normalized spacial score (nSPS) is 26.7. The molecule has 1 rings (SSSR count). The summed E-state index contributed by atoms with van der Waals surface area (Å²) in [5, 5.41) is 4.06. The minimum Gasteiger partial charge on any atom is -0.659 e. The molecule has 1 saturated heterocycles. The summed E-state index contributed by atoms with van der Waals surface area (Å²) in [4.78, 5) is 0. The largest absolute Gasteiger partial charge is 0.659 e. The van der Waals surface area contributed by atoms with Crippen molar-refractivity contribution in [2.75, 3.05) is 20.3 Å². The summed E-state index contributed by atoms with van der Waals surface area (Å²) in [6.07, 6.45) is 0. The van der Waals surface area contributed by atoms with E-state index in [-0.39, 0.29) is 6.04 Å². The second-order valence-electron chi connectivity index (χ2n) is 2.93. The van der Waals surface area contributed by atoms with E-state index >= 15 is 0 Å². The number of nitrogens with zero attached hydrogens (tertiary/aromatic N) is 1. The molecular weight excluding hydrogens is 130 g/mol. The van der Waals surface area contributed by atoms with Crippen molar-refractivity contribution in [3.63, 3.8) is 0 Å². The van der Waals surface area contributed by atoms with Crippen LogP contribution in [0.25, 0.3) is 5.32 Å². The standard InChI is InChI=1S/C7H14NO2/c1-7(2)9-4-6(8-3)5-10-7/h6H,4-5H2,1-3H3/q-1. The first-order valence-electron chi connectivity index (χ1n) is 3.51. The summed E-state index contributed by atoms with van der Waals surface area (Å²) in [7, 11) is 1.79. The Morgan fingerprint density at radius 2 is 1.80 bits per heavy atom. The fraction of sp³-hybridized carbons (Fsp3) is 1.00. The van der Waals surface area contributed by atoms with Crippen LogP contribution in [-0.4, -0.2) is 32.1 Å². The minimum absolute atomic E-state index is 0.230. The predicted molar refractivity (Wildman–Crippen MR) is 39.1 cm³/mol. The Balaban J connectivity index is 2.31. The van der Waals surface area contributed by atoms with Gasteiger partial charge in [-0.2, -0.15) is 7.05 Å². The molecule has 1 heterocycles. The lowest BCUT2D eigenvalue weighted by atomic mass is 10.2. The summed E-state index contributed by atoms with van der Waals surface area (Å²) in [5.41, 5.74) is 0. The van der Waals surface area contributed by atoms with Gasteiger partial charge in [0.15, 0.2) is 5.79 Å². The molecule has 0 unspecified atom stereocenters. The third kappa shape index (κ3) is 1.94. The Bertz CT molecular complexity index is 104. The molecule has 60 valence electrons. The Morgan fingerprint density at radius 1 is 1.30 bits per heavy atom. The van der Waals surface area contributed by atoms with Crippen LogP contribution in [-0.2, 0) is 9.47 Å². The molecule has 3 heteroatoms. The van der Waals surface area contributed by atoms with E-state index in [1.54, 1.807) is 7.05 Å². The lowest BCUT2D eigenvalue weighted by Gasteiger charge is -2.40. The van der Waals surface area contributed by atoms with Gasteiger partial charge in [-0.15, -0.1) is 0 Å². The topological polar surface area (TPSA) is 32.6 Å². The van der Waals surface area contributed by atoms with Gasteiger partial charge in [-0.3, -0.25) is 0 Å². The first-order chi connectivity index (χ1) is 4.64. The molecule has 0 aromatic rings. The van der Waals surface area contributed by atoms with Crippen molar-refractivity contribution in [2.45, 2.75) is 25.7 Å². The second kappa shape index (κ2) is 2.86. The molecule has 3 nitrogen and oxygen atoms in total. The summed E-state index contributed by atoms with van der Waals surface area (Å²) >= 11 is 0. The Morgan fingerprint density at radius 3 is 2.20 bits per heavy atom. The highest BCUT2D eigenvalue weighted by Crippen LogP contribution is 2.19. The van der Waals surface area contributed by atoms with Crippen molar-refractivity contribution in [2.24, 2.45) is 0 Å². The van der Waals surface area contributed by atoms with Crippen LogP contribution < -0.4 is 0 Å². The fourth-order valence-corrected chi connectivity index (χ4v) is 0.833. The molecule has 0 bridgehead atoms. The van der Waals surface area contributed by atoms with Crippen LogP contribution in [0.15, 0.2) is 0 Å². The maximum absolute atomic E-state index is 5.35. The van der Waals surface area contributed by atoms with Gasteiger partial charge in [0, 0.05) is 13.2 Å². The molecule has 0 spiro atoms. The van der Waals surface area contributed by atoms with Gasteiger partial charge in [-0.1, -0.05) is 6.04 Å². The zero-order valence-electron chi connectivity index (χ0n) is 6.76. The smallest absolute Gasteiger partial charge is 0.162 e. The van der Waals surface area contributed by atoms with Crippen LogP contribution >= 0.6 is 0 Å². The predicted octanol–water partition coefficient (Wildman–Crippen LogP) is 1.14. The van der Waals surface area contributed by atoms with Crippen molar-refractivity contribution >= 4 is 0 Å². The van der Waals surface area contributed by atoms with Gasteiger partial charge < -0.3 is 14.8 Å². The summed E-state index contributed by atoms with van der Waals surface area (Å²) < 4.78 is 10.7. The molecule has 0 saturated carbocycles. The first-order valence-corrected chi connectivity index (χ1v) is 3.51. The molecule has 1 aliphatic heterocycles. The number of rotatable bonds is 1. The van der Waals surface area contributed by atoms with Crippen LogP contribution in [0, 0.1) is 0 Å². The van der Waals surface area contributed by atoms with Gasteiger partial charge in [0.1, 0.15) is 0 Å². The average Bonchev–Trinajstić information content (AvgIpc) is 1.88. The molecule has 0 radical (unpaired) electrons. The van der Waals surface area contributed by atoms with Gasteiger partial charge >= 0.3 is 0 Å². The Hall–Kier alpha value is -0.120. The van der Waals surface area contributed by atoms with Crippen molar-refractivity contribution < 1.29 is 9.47 Å². The molecule has 1 fully saturated rings. The van der Waals surface area contributed by atoms with Crippen LogP contribution in [0.5, 0.6) is 0 Å². The van der Waals surface area contributed by atoms with E-state index in [9.17, 15) is 0 Å². The van der Waals surface area contributed by atoms with Gasteiger partial charge in [0.2, 0.25) is 0 Å². The van der Waals surface area contributed by atoms with Crippen LogP contribution in [0.3, 0.4) is 0 Å². The van der Waals surface area contributed by atoms with E-state index in [0.717, 1.165) is 0 Å². The molecule has 0 aromatic heterocycles. The Labute approximate surface area is 61.7 Å². The SMILES string of the molecule is C[N-]C1COC(C)(C)OC1. The van der Waals surface area contributed by atoms with Crippen molar-refractivity contribution in [1.82, 2.24) is 0 Å². The highest BCUT2D eigenvalue weighted by Gasteiger charge is 2.23. The average molecular weight is 144 g/mol. The van der Waals surface area contributed by atoms with Crippen molar-refractivity contribution in [3.8, 4) is 0 Å². The molecule has 0 N–H and O–H groups in total. The molecule has 10 heavy (non-hydrogen) atoms. The second-order valence-corrected chi connectivity index (χ2v) is 2.93. The van der Waals surface area contributed by atoms with E-state index in [1.165, 1.54) is 0 Å². The summed E-state index contributed by atoms with van der Waals surface area (Å²) in [5.74, 6) is -0.402. The fourth-order valence-electron chi connectivity index (χ4n) is 0.833. The molecular formula is C7H14NO2-. The molecule has 1 aliphatic rings. The molecule has 0 aliphatic carbocycles. The van der Waals surface area contributed by atoms with E-state index in [2.05, 4.69) is 5.32 Å². The van der Waals surface area contributed by atoms with Crippen LogP contribution in [0.2, 0.25) is 0 Å². The minimum atomic E-state index is -0.402. The molecule has 0 atom stereocenters. The lowest BCUT2D eigenvalue weighted by Crippen LogP contribution is -2.41. The number of ether oxygens (including phenoxy) is 2. The molecule has 0 amide bonds. The third-order valence-electron chi connectivity index (χ3n) is 1.61. The quantitative estimate of drug-likeness (QED) is 0.553. The lowest BCUT2D eigenvalue weighted by molar-refractivity contribution is -0.246. The first kappa shape index (κ1) is 7.98. The zero-order chi connectivity index (χ0) is 7.61. The Kier molecular flexibility index (Phi) is 2.28. The third-order valence-corrected chi connectivity index (χ3v) is 1.61. The van der Waals surface area contributed by atoms with Crippen molar-refractivity contribution in [3.05, 3.63) is 5.32 Å². The van der Waals surface area contributed by atoms with E-state index in [0.29, 0.717) is 13.2 Å². The van der Waals surface area contributed by atoms with Gasteiger partial charge in [0.25, 0.3) is 0 Å². The maximum Gasteiger partial charge on any atom is 0.162 e. The highest BCUT2D eigenvalue weighted by molar-refractivity contribution is 4.88. The molecule has 0 aromatic carbocycles. The van der Waals surface area contributed by atoms with Gasteiger partial charge in [-0.25, -0.2) is 0 Å². The summed E-state index contributed by atoms with van der Waals surface area (Å²) in [6, 6.07) is 0.230. The van der Waals surface area contributed by atoms with Crippen molar-refractivity contribution in [1.29, 1.82) is 0 Å². The van der Waals surface area contributed by atoms with E-state index < -0.39 is 5.79 Å². The summed E-state index contributed by atoms with van der Waals surface area (Å²) in [6.45, 7) is 5.20. The van der Waals surface area contributed by atoms with Crippen LogP contribution in [0.1, 0.15) is 13.8 Å². The van der Waals surface area contributed by atoms with Crippen LogP contribution in [0.4, 0.5) is 0 Å². The van der Waals surface area contributed by atoms with Gasteiger partial charge in [0.05, 0.1) is 0 Å². The maximum atomic E-state index is 5.35. The number of hydrogen-bond acceptors (Lipinski definition) is 2. The monoisotopic (exact) mass is 144 g/mol. The number of hydrogen-bond donors (Lipinski definition) is 0. The zero-order valence-corrected chi connectivity index (χ0v) is 6.76.